The van der Waals surface area contributed by atoms with Crippen molar-refractivity contribution < 1.29 is 14.7 Å². The van der Waals surface area contributed by atoms with Crippen molar-refractivity contribution in [2.45, 2.75) is 39.3 Å². The number of carboxylic acids is 1. The predicted octanol–water partition coefficient (Wildman–Crippen LogP) is 2.99. The maximum atomic E-state index is 13.0. The number of carbonyl (C=O) groups is 2. The van der Waals surface area contributed by atoms with Crippen LogP contribution in [0.15, 0.2) is 30.5 Å². The van der Waals surface area contributed by atoms with Crippen molar-refractivity contribution in [3.8, 4) is 0 Å². The number of likely N-dealkylation sites (tertiary alicyclic amines) is 1. The molecule has 0 bridgehead atoms. The Hall–Kier alpha value is -2.30. The second-order valence-corrected chi connectivity index (χ2v) is 6.17. The van der Waals surface area contributed by atoms with Crippen molar-refractivity contribution in [3.63, 3.8) is 0 Å². The Morgan fingerprint density at radius 3 is 2.74 bits per heavy atom. The van der Waals surface area contributed by atoms with E-state index in [2.05, 4.69) is 4.57 Å². The van der Waals surface area contributed by atoms with Gasteiger partial charge in [-0.15, -0.1) is 0 Å². The highest BCUT2D eigenvalue weighted by Crippen LogP contribution is 2.28. The minimum Gasteiger partial charge on any atom is -0.481 e. The highest BCUT2D eigenvalue weighted by atomic mass is 16.4. The number of rotatable bonds is 3. The maximum Gasteiger partial charge on any atom is 0.308 e. The zero-order chi connectivity index (χ0) is 16.6. The number of hydrogen-bond donors (Lipinski definition) is 1. The van der Waals surface area contributed by atoms with Gasteiger partial charge in [0.25, 0.3) is 5.91 Å². The fourth-order valence-corrected chi connectivity index (χ4v) is 3.59. The highest BCUT2D eigenvalue weighted by molar-refractivity contribution is 6.07. The number of para-hydroxylation sites is 1. The van der Waals surface area contributed by atoms with Crippen LogP contribution < -0.4 is 0 Å². The molecule has 3 rings (SSSR count). The van der Waals surface area contributed by atoms with Gasteiger partial charge in [0.15, 0.2) is 0 Å². The van der Waals surface area contributed by atoms with Gasteiger partial charge in [0.2, 0.25) is 0 Å². The van der Waals surface area contributed by atoms with Crippen molar-refractivity contribution in [1.82, 2.24) is 9.47 Å². The summed E-state index contributed by atoms with van der Waals surface area (Å²) < 4.78 is 2.06. The van der Waals surface area contributed by atoms with E-state index in [1.807, 2.05) is 44.3 Å². The van der Waals surface area contributed by atoms with Gasteiger partial charge >= 0.3 is 5.97 Å². The van der Waals surface area contributed by atoms with Crippen molar-refractivity contribution in [2.75, 3.05) is 6.54 Å². The third kappa shape index (κ3) is 2.60. The Kier molecular flexibility index (Phi) is 4.11. The number of carboxylic acid groups (broad SMARTS) is 1. The van der Waals surface area contributed by atoms with E-state index in [4.69, 9.17) is 0 Å². The Balaban J connectivity index is 1.99. The van der Waals surface area contributed by atoms with Gasteiger partial charge < -0.3 is 14.6 Å². The number of aliphatic carboxylic acids is 1. The molecule has 0 saturated carbocycles. The lowest BCUT2D eigenvalue weighted by Gasteiger charge is -2.37. The van der Waals surface area contributed by atoms with Crippen LogP contribution in [0.25, 0.3) is 10.9 Å². The summed E-state index contributed by atoms with van der Waals surface area (Å²) in [6.45, 7) is 5.30. The molecule has 0 aliphatic carbocycles. The van der Waals surface area contributed by atoms with Crippen molar-refractivity contribution in [1.29, 1.82) is 0 Å². The zero-order valence-electron chi connectivity index (χ0n) is 13.5. The van der Waals surface area contributed by atoms with Crippen LogP contribution in [0.2, 0.25) is 0 Å². The molecule has 122 valence electrons. The smallest absolute Gasteiger partial charge is 0.308 e. The molecule has 1 N–H and O–H groups in total. The minimum absolute atomic E-state index is 0.0631. The number of amides is 1. The van der Waals surface area contributed by atoms with Crippen LogP contribution in [-0.2, 0) is 11.3 Å². The Labute approximate surface area is 135 Å². The normalized spacial score (nSPS) is 21.6. The Morgan fingerprint density at radius 2 is 2.04 bits per heavy atom. The van der Waals surface area contributed by atoms with Crippen molar-refractivity contribution in [3.05, 3.63) is 36.0 Å². The van der Waals surface area contributed by atoms with Gasteiger partial charge in [-0.05, 0) is 32.8 Å². The van der Waals surface area contributed by atoms with Crippen LogP contribution in [0.5, 0.6) is 0 Å². The summed E-state index contributed by atoms with van der Waals surface area (Å²) in [5.74, 6) is -1.36. The van der Waals surface area contributed by atoms with Crippen LogP contribution in [0.3, 0.4) is 0 Å². The van der Waals surface area contributed by atoms with Gasteiger partial charge in [-0.3, -0.25) is 9.59 Å². The maximum absolute atomic E-state index is 13.0. The van der Waals surface area contributed by atoms with Crippen LogP contribution in [0, 0.1) is 5.92 Å². The molecule has 2 atom stereocenters. The van der Waals surface area contributed by atoms with Crippen LogP contribution in [0.1, 0.15) is 37.0 Å². The summed E-state index contributed by atoms with van der Waals surface area (Å²) in [4.78, 5) is 26.2. The topological polar surface area (TPSA) is 62.5 Å². The van der Waals surface area contributed by atoms with Crippen LogP contribution in [-0.4, -0.2) is 39.0 Å². The van der Waals surface area contributed by atoms with Crippen molar-refractivity contribution >= 4 is 22.8 Å². The number of hydrogen-bond acceptors (Lipinski definition) is 2. The lowest BCUT2D eigenvalue weighted by molar-refractivity contribution is -0.144. The van der Waals surface area contributed by atoms with E-state index >= 15 is 0 Å². The third-order valence-corrected chi connectivity index (χ3v) is 4.93. The summed E-state index contributed by atoms with van der Waals surface area (Å²) in [6.07, 6.45) is 3.26. The molecular formula is C18H22N2O3. The number of benzene rings is 1. The monoisotopic (exact) mass is 314 g/mol. The molecule has 1 aliphatic heterocycles. The molecule has 1 aromatic heterocycles. The molecule has 1 fully saturated rings. The molecule has 0 radical (unpaired) electrons. The van der Waals surface area contributed by atoms with E-state index in [0.29, 0.717) is 18.5 Å². The first-order valence-electron chi connectivity index (χ1n) is 8.16. The molecule has 2 heterocycles. The molecule has 2 aromatic rings. The molecule has 1 aromatic carbocycles. The van der Waals surface area contributed by atoms with Crippen LogP contribution in [0.4, 0.5) is 0 Å². The minimum atomic E-state index is -0.814. The summed E-state index contributed by atoms with van der Waals surface area (Å²) in [7, 11) is 0. The standard InChI is InChI=1S/C18H22N2O3/c1-3-19-11-15(14-7-4-5-9-16(14)19)17(21)20-10-6-8-13(12(20)2)18(22)23/h4-5,7,9,11-13H,3,6,8,10H2,1-2H3,(H,22,23)/t12-,13-/m0/s1. The van der Waals surface area contributed by atoms with E-state index in [0.717, 1.165) is 23.9 Å². The summed E-state index contributed by atoms with van der Waals surface area (Å²) >= 11 is 0. The third-order valence-electron chi connectivity index (χ3n) is 4.93. The Morgan fingerprint density at radius 1 is 1.30 bits per heavy atom. The molecule has 5 nitrogen and oxygen atoms in total. The number of carbonyl (C=O) groups excluding carboxylic acids is 1. The van der Waals surface area contributed by atoms with Crippen LogP contribution >= 0.6 is 0 Å². The summed E-state index contributed by atoms with van der Waals surface area (Å²) in [5.41, 5.74) is 1.71. The van der Waals surface area contributed by atoms with E-state index in [9.17, 15) is 14.7 Å². The largest absolute Gasteiger partial charge is 0.481 e. The number of piperidine rings is 1. The molecular weight excluding hydrogens is 292 g/mol. The van der Waals surface area contributed by atoms with E-state index in [1.165, 1.54) is 0 Å². The molecule has 1 aliphatic rings. The highest BCUT2D eigenvalue weighted by Gasteiger charge is 2.36. The molecule has 23 heavy (non-hydrogen) atoms. The first kappa shape index (κ1) is 15.6. The second-order valence-electron chi connectivity index (χ2n) is 6.17. The molecule has 5 heteroatoms. The van der Waals surface area contributed by atoms with E-state index < -0.39 is 11.9 Å². The van der Waals surface area contributed by atoms with Gasteiger partial charge in [0, 0.05) is 36.2 Å². The summed E-state index contributed by atoms with van der Waals surface area (Å²) in [5, 5.41) is 10.3. The molecule has 0 spiro atoms. The lowest BCUT2D eigenvalue weighted by atomic mass is 9.90. The fraction of sp³-hybridized carbons (Fsp3) is 0.444. The predicted molar refractivity (Wildman–Crippen MR) is 88.5 cm³/mol. The average Bonchev–Trinajstić information content (AvgIpc) is 2.93. The van der Waals surface area contributed by atoms with Gasteiger partial charge in [0.05, 0.1) is 11.5 Å². The number of fused-ring (bicyclic) bond motifs is 1. The number of aromatic nitrogens is 1. The first-order chi connectivity index (χ1) is 11.0. The Bertz CT molecular complexity index is 750. The fourth-order valence-electron chi connectivity index (χ4n) is 3.59. The van der Waals surface area contributed by atoms with Gasteiger partial charge in [0.1, 0.15) is 0 Å². The lowest BCUT2D eigenvalue weighted by Crippen LogP contribution is -2.49. The average molecular weight is 314 g/mol. The van der Waals surface area contributed by atoms with E-state index in [-0.39, 0.29) is 11.9 Å². The second kappa shape index (κ2) is 6.07. The first-order valence-corrected chi connectivity index (χ1v) is 8.16. The zero-order valence-corrected chi connectivity index (χ0v) is 13.5. The van der Waals surface area contributed by atoms with E-state index in [1.54, 1.807) is 4.90 Å². The van der Waals surface area contributed by atoms with Crippen molar-refractivity contribution in [2.24, 2.45) is 5.92 Å². The molecule has 1 amide bonds. The molecule has 1 saturated heterocycles. The number of aryl methyl sites for hydroxylation is 1. The number of nitrogens with zero attached hydrogens (tertiary/aromatic N) is 2. The SMILES string of the molecule is CCn1cc(C(=O)N2CCC[C@H](C(=O)O)[C@@H]2C)c2ccccc21. The van der Waals surface area contributed by atoms with Gasteiger partial charge in [-0.1, -0.05) is 18.2 Å². The molecule has 0 unspecified atom stereocenters. The quantitative estimate of drug-likeness (QED) is 0.947. The summed E-state index contributed by atoms with van der Waals surface area (Å²) in [6, 6.07) is 7.58. The van der Waals surface area contributed by atoms with Gasteiger partial charge in [-0.2, -0.15) is 0 Å². The van der Waals surface area contributed by atoms with Gasteiger partial charge in [-0.25, -0.2) is 0 Å².